The van der Waals surface area contributed by atoms with Crippen LogP contribution in [-0.4, -0.2) is 33.5 Å². The van der Waals surface area contributed by atoms with Crippen LogP contribution in [0.4, 0.5) is 5.69 Å². The van der Waals surface area contributed by atoms with Crippen molar-refractivity contribution < 1.29 is 12.8 Å². The van der Waals surface area contributed by atoms with Gasteiger partial charge >= 0.3 is 0 Å². The van der Waals surface area contributed by atoms with Gasteiger partial charge in [0, 0.05) is 29.1 Å². The normalized spacial score (nSPS) is 17.3. The first-order chi connectivity index (χ1) is 12.8. The van der Waals surface area contributed by atoms with Crippen LogP contribution in [0.2, 0.25) is 0 Å². The molecule has 1 aliphatic carbocycles. The highest BCUT2D eigenvalue weighted by atomic mass is 32.2. The van der Waals surface area contributed by atoms with Gasteiger partial charge in [0.2, 0.25) is 0 Å². The van der Waals surface area contributed by atoms with Crippen LogP contribution in [0.5, 0.6) is 0 Å². The van der Waals surface area contributed by atoms with Gasteiger partial charge in [0.05, 0.1) is 4.90 Å². The zero-order chi connectivity index (χ0) is 19.2. The monoisotopic (exact) mass is 384 g/mol. The Kier molecular flexibility index (Phi) is 4.48. The molecule has 0 fully saturated rings. The van der Waals surface area contributed by atoms with Crippen molar-refractivity contribution in [2.24, 2.45) is 0 Å². The van der Waals surface area contributed by atoms with Gasteiger partial charge in [-0.15, -0.1) is 0 Å². The minimum absolute atomic E-state index is 0.259. The number of nitrogens with one attached hydrogen (secondary N) is 1. The van der Waals surface area contributed by atoms with E-state index in [0.29, 0.717) is 11.7 Å². The lowest BCUT2D eigenvalue weighted by atomic mass is 9.91. The third-order valence-corrected chi connectivity index (χ3v) is 6.73. The maximum absolute atomic E-state index is 12.7. The highest BCUT2D eigenvalue weighted by Gasteiger charge is 2.26. The molecular weight excluding hydrogens is 360 g/mol. The van der Waals surface area contributed by atoms with E-state index in [0.717, 1.165) is 41.6 Å². The van der Waals surface area contributed by atoms with Crippen LogP contribution in [0, 0.1) is 6.92 Å². The number of sulfonamides is 1. The van der Waals surface area contributed by atoms with E-state index in [1.807, 2.05) is 19.1 Å². The molecule has 1 N–H and O–H groups in total. The summed E-state index contributed by atoms with van der Waals surface area (Å²) in [6, 6.07) is 12.8. The van der Waals surface area contributed by atoms with E-state index in [9.17, 15) is 8.42 Å². The maximum atomic E-state index is 12.7. The fourth-order valence-electron chi connectivity index (χ4n) is 3.70. The van der Waals surface area contributed by atoms with Crippen molar-refractivity contribution in [2.45, 2.75) is 37.1 Å². The summed E-state index contributed by atoms with van der Waals surface area (Å²) in [6.07, 6.45) is 2.91. The standard InChI is InChI=1S/C21H24N2O3S/c1-14-4-8-17(9-5-14)27(24,25)22-15-6-10-20-18(12-15)19-13-16(23(2)3)7-11-21(19)26-20/h4-6,8-10,12,16,22H,7,11,13H2,1-3H3. The van der Waals surface area contributed by atoms with E-state index in [1.54, 1.807) is 30.3 Å². The van der Waals surface area contributed by atoms with Crippen LogP contribution >= 0.6 is 0 Å². The van der Waals surface area contributed by atoms with Gasteiger partial charge in [0.25, 0.3) is 10.0 Å². The van der Waals surface area contributed by atoms with Crippen LogP contribution in [0.1, 0.15) is 23.3 Å². The van der Waals surface area contributed by atoms with Crippen molar-refractivity contribution in [3.05, 3.63) is 59.4 Å². The third-order valence-electron chi connectivity index (χ3n) is 5.33. The number of likely N-dealkylation sites (N-methyl/N-ethyl adjacent to an activating group) is 1. The summed E-state index contributed by atoms with van der Waals surface area (Å²) in [4.78, 5) is 2.50. The lowest BCUT2D eigenvalue weighted by Gasteiger charge is -2.27. The quantitative estimate of drug-likeness (QED) is 0.740. The zero-order valence-electron chi connectivity index (χ0n) is 15.8. The number of benzene rings is 2. The second kappa shape index (κ2) is 6.69. The molecule has 1 heterocycles. The number of hydrogen-bond acceptors (Lipinski definition) is 4. The zero-order valence-corrected chi connectivity index (χ0v) is 16.6. The second-order valence-electron chi connectivity index (χ2n) is 7.49. The Hall–Kier alpha value is -2.31. The largest absolute Gasteiger partial charge is 0.461 e. The molecule has 1 atom stereocenters. The summed E-state index contributed by atoms with van der Waals surface area (Å²) in [7, 11) is 0.576. The molecule has 1 unspecified atom stereocenters. The van der Waals surface area contributed by atoms with Gasteiger partial charge in [-0.3, -0.25) is 4.72 Å². The summed E-state index contributed by atoms with van der Waals surface area (Å²) in [6.45, 7) is 1.93. The predicted octanol–water partition coefficient (Wildman–Crippen LogP) is 3.96. The van der Waals surface area contributed by atoms with Crippen molar-refractivity contribution in [3.8, 4) is 0 Å². The topological polar surface area (TPSA) is 62.6 Å². The molecule has 27 heavy (non-hydrogen) atoms. The lowest BCUT2D eigenvalue weighted by Crippen LogP contribution is -2.33. The van der Waals surface area contributed by atoms with Gasteiger partial charge < -0.3 is 9.32 Å². The molecule has 2 aromatic carbocycles. The molecule has 0 saturated heterocycles. The van der Waals surface area contributed by atoms with Crippen molar-refractivity contribution in [2.75, 3.05) is 18.8 Å². The summed E-state index contributed by atoms with van der Waals surface area (Å²) in [5, 5.41) is 1.00. The summed E-state index contributed by atoms with van der Waals surface area (Å²) in [5.41, 5.74) is 3.60. The molecule has 6 heteroatoms. The summed E-state index contributed by atoms with van der Waals surface area (Å²) >= 11 is 0. The Morgan fingerprint density at radius 2 is 1.85 bits per heavy atom. The van der Waals surface area contributed by atoms with E-state index in [-0.39, 0.29) is 4.90 Å². The molecule has 0 aliphatic heterocycles. The fraction of sp³-hybridized carbons (Fsp3) is 0.333. The Labute approximate surface area is 160 Å². The van der Waals surface area contributed by atoms with Crippen molar-refractivity contribution in [1.82, 2.24) is 4.90 Å². The number of furan rings is 1. The first-order valence-corrected chi connectivity index (χ1v) is 10.6. The number of hydrogen-bond donors (Lipinski definition) is 1. The third kappa shape index (κ3) is 3.47. The molecule has 1 aromatic heterocycles. The molecule has 142 valence electrons. The van der Waals surface area contributed by atoms with Crippen molar-refractivity contribution >= 4 is 26.7 Å². The average molecular weight is 385 g/mol. The smallest absolute Gasteiger partial charge is 0.261 e. The van der Waals surface area contributed by atoms with Gasteiger partial charge in [0.15, 0.2) is 0 Å². The molecule has 5 nitrogen and oxygen atoms in total. The minimum Gasteiger partial charge on any atom is -0.461 e. The van der Waals surface area contributed by atoms with Crippen molar-refractivity contribution in [3.63, 3.8) is 0 Å². The minimum atomic E-state index is -3.62. The van der Waals surface area contributed by atoms with Gasteiger partial charge in [0.1, 0.15) is 11.3 Å². The van der Waals surface area contributed by atoms with Crippen LogP contribution < -0.4 is 4.72 Å². The Balaban J connectivity index is 1.67. The number of aryl methyl sites for hydroxylation is 2. The SMILES string of the molecule is Cc1ccc(S(=O)(=O)Nc2ccc3oc4c(c3c2)CC(N(C)C)CC4)cc1. The molecule has 0 bridgehead atoms. The molecule has 0 saturated carbocycles. The predicted molar refractivity (Wildman–Crippen MR) is 108 cm³/mol. The number of nitrogens with zero attached hydrogens (tertiary/aromatic N) is 1. The molecule has 0 radical (unpaired) electrons. The second-order valence-corrected chi connectivity index (χ2v) is 9.18. The number of rotatable bonds is 4. The van der Waals surface area contributed by atoms with E-state index >= 15 is 0 Å². The van der Waals surface area contributed by atoms with Gasteiger partial charge in [-0.25, -0.2) is 8.42 Å². The van der Waals surface area contributed by atoms with E-state index in [1.165, 1.54) is 5.56 Å². The molecular formula is C21H24N2O3S. The molecule has 4 rings (SSSR count). The number of fused-ring (bicyclic) bond motifs is 3. The molecule has 3 aromatic rings. The van der Waals surface area contributed by atoms with Crippen LogP contribution in [0.3, 0.4) is 0 Å². The Morgan fingerprint density at radius 1 is 1.11 bits per heavy atom. The Bertz CT molecular complexity index is 1080. The number of anilines is 1. The summed E-state index contributed by atoms with van der Waals surface area (Å²) in [5.74, 6) is 1.03. The maximum Gasteiger partial charge on any atom is 0.261 e. The molecule has 1 aliphatic rings. The molecule has 0 spiro atoms. The first kappa shape index (κ1) is 18.1. The van der Waals surface area contributed by atoms with Gasteiger partial charge in [-0.1, -0.05) is 17.7 Å². The van der Waals surface area contributed by atoms with Crippen LogP contribution in [-0.2, 0) is 22.9 Å². The lowest BCUT2D eigenvalue weighted by molar-refractivity contribution is 0.261. The van der Waals surface area contributed by atoms with Crippen molar-refractivity contribution in [1.29, 1.82) is 0 Å². The summed E-state index contributed by atoms with van der Waals surface area (Å²) < 4.78 is 34.1. The van der Waals surface area contributed by atoms with Crippen LogP contribution in [0.25, 0.3) is 11.0 Å². The molecule has 0 amide bonds. The Morgan fingerprint density at radius 3 is 2.56 bits per heavy atom. The average Bonchev–Trinajstić information content (AvgIpc) is 2.99. The van der Waals surface area contributed by atoms with E-state index < -0.39 is 10.0 Å². The van der Waals surface area contributed by atoms with Gasteiger partial charge in [-0.2, -0.15) is 0 Å². The fourth-order valence-corrected chi connectivity index (χ4v) is 4.75. The van der Waals surface area contributed by atoms with E-state index in [2.05, 4.69) is 23.7 Å². The highest BCUT2D eigenvalue weighted by Crippen LogP contribution is 2.34. The van der Waals surface area contributed by atoms with Crippen LogP contribution in [0.15, 0.2) is 51.8 Å². The highest BCUT2D eigenvalue weighted by molar-refractivity contribution is 7.92. The van der Waals surface area contributed by atoms with Gasteiger partial charge in [-0.05, 0) is 64.2 Å². The van der Waals surface area contributed by atoms with E-state index in [4.69, 9.17) is 4.42 Å². The first-order valence-electron chi connectivity index (χ1n) is 9.14.